The molecule has 0 aliphatic carbocycles. The number of nitrogens with zero attached hydrogens (tertiary/aromatic N) is 2. The van der Waals surface area contributed by atoms with E-state index in [1.807, 2.05) is 19.1 Å². The lowest BCUT2D eigenvalue weighted by atomic mass is 10.1. The van der Waals surface area contributed by atoms with Crippen LogP contribution in [0.5, 0.6) is 0 Å². The van der Waals surface area contributed by atoms with Gasteiger partial charge in [-0.1, -0.05) is 0 Å². The maximum atomic E-state index is 9.93. The lowest BCUT2D eigenvalue weighted by Gasteiger charge is -2.08. The molecule has 0 saturated heterocycles. The number of thiazole rings is 1. The van der Waals surface area contributed by atoms with Crippen molar-refractivity contribution in [3.8, 4) is 0 Å². The van der Waals surface area contributed by atoms with Crippen molar-refractivity contribution in [3.05, 3.63) is 46.2 Å². The van der Waals surface area contributed by atoms with Crippen molar-refractivity contribution in [2.45, 2.75) is 19.4 Å². The average Bonchev–Trinajstić information content (AvgIpc) is 2.70. The second-order valence-corrected chi connectivity index (χ2v) is 4.42. The molecule has 0 spiro atoms. The third kappa shape index (κ3) is 2.61. The van der Waals surface area contributed by atoms with Gasteiger partial charge in [-0.15, -0.1) is 11.3 Å². The van der Waals surface area contributed by atoms with Crippen molar-refractivity contribution in [2.75, 3.05) is 0 Å². The van der Waals surface area contributed by atoms with Crippen LogP contribution in [0.15, 0.2) is 30.0 Å². The summed E-state index contributed by atoms with van der Waals surface area (Å²) < 4.78 is 0. The Morgan fingerprint density at radius 3 is 3.07 bits per heavy atom. The van der Waals surface area contributed by atoms with Crippen LogP contribution in [-0.4, -0.2) is 15.1 Å². The van der Waals surface area contributed by atoms with E-state index in [2.05, 4.69) is 9.97 Å². The van der Waals surface area contributed by atoms with Gasteiger partial charge in [-0.05, 0) is 24.6 Å². The molecule has 2 aromatic heterocycles. The van der Waals surface area contributed by atoms with E-state index in [-0.39, 0.29) is 0 Å². The summed E-state index contributed by atoms with van der Waals surface area (Å²) in [5.74, 6) is 0. The number of aliphatic hydroxyl groups excluding tert-OH is 1. The highest BCUT2D eigenvalue weighted by molar-refractivity contribution is 7.09. The molecular formula is C11H12N2OS. The van der Waals surface area contributed by atoms with E-state index in [9.17, 15) is 5.11 Å². The Balaban J connectivity index is 2.11. The van der Waals surface area contributed by atoms with E-state index in [0.717, 1.165) is 16.1 Å². The summed E-state index contributed by atoms with van der Waals surface area (Å²) in [7, 11) is 0. The Hall–Kier alpha value is -1.26. The third-order valence-corrected chi connectivity index (χ3v) is 2.96. The normalized spacial score (nSPS) is 12.7. The molecule has 0 aromatic carbocycles. The van der Waals surface area contributed by atoms with E-state index >= 15 is 0 Å². The maximum Gasteiger partial charge on any atom is 0.101 e. The maximum absolute atomic E-state index is 9.93. The predicted molar refractivity (Wildman–Crippen MR) is 59.8 cm³/mol. The molecule has 2 aromatic rings. The molecule has 0 amide bonds. The van der Waals surface area contributed by atoms with Crippen LogP contribution in [0.2, 0.25) is 0 Å². The average molecular weight is 220 g/mol. The molecule has 15 heavy (non-hydrogen) atoms. The van der Waals surface area contributed by atoms with Gasteiger partial charge in [0.1, 0.15) is 6.10 Å². The molecule has 0 fully saturated rings. The van der Waals surface area contributed by atoms with Gasteiger partial charge in [0, 0.05) is 23.7 Å². The summed E-state index contributed by atoms with van der Waals surface area (Å²) in [6.45, 7) is 1.99. The summed E-state index contributed by atoms with van der Waals surface area (Å²) in [5.41, 5.74) is 3.61. The van der Waals surface area contributed by atoms with E-state index in [1.54, 1.807) is 29.2 Å². The van der Waals surface area contributed by atoms with Crippen LogP contribution >= 0.6 is 11.3 Å². The molecule has 0 bridgehead atoms. The molecule has 78 valence electrons. The summed E-state index contributed by atoms with van der Waals surface area (Å²) in [6, 6.07) is 3.83. The van der Waals surface area contributed by atoms with Crippen LogP contribution in [-0.2, 0) is 6.42 Å². The SMILES string of the molecule is Cc1ccnc(C(O)Cc2cncs2)c1. The zero-order valence-corrected chi connectivity index (χ0v) is 9.24. The number of hydrogen-bond donors (Lipinski definition) is 1. The van der Waals surface area contributed by atoms with Crippen LogP contribution in [0.3, 0.4) is 0 Å². The van der Waals surface area contributed by atoms with Gasteiger partial charge in [-0.3, -0.25) is 9.97 Å². The zero-order chi connectivity index (χ0) is 10.7. The number of aromatic nitrogens is 2. The van der Waals surface area contributed by atoms with Gasteiger partial charge in [0.15, 0.2) is 0 Å². The van der Waals surface area contributed by atoms with Gasteiger partial charge in [-0.25, -0.2) is 0 Å². The van der Waals surface area contributed by atoms with Crippen LogP contribution in [0.1, 0.15) is 22.2 Å². The van der Waals surface area contributed by atoms with Crippen LogP contribution < -0.4 is 0 Å². The monoisotopic (exact) mass is 220 g/mol. The second-order valence-electron chi connectivity index (χ2n) is 3.45. The number of aliphatic hydroxyl groups is 1. The van der Waals surface area contributed by atoms with Gasteiger partial charge >= 0.3 is 0 Å². The molecule has 4 heteroatoms. The van der Waals surface area contributed by atoms with Gasteiger partial charge in [-0.2, -0.15) is 0 Å². The van der Waals surface area contributed by atoms with Gasteiger partial charge in [0.05, 0.1) is 11.2 Å². The lowest BCUT2D eigenvalue weighted by Crippen LogP contribution is -2.03. The zero-order valence-electron chi connectivity index (χ0n) is 8.42. The highest BCUT2D eigenvalue weighted by atomic mass is 32.1. The molecule has 0 radical (unpaired) electrons. The molecular weight excluding hydrogens is 208 g/mol. The van der Waals surface area contributed by atoms with Crippen molar-refractivity contribution in [1.29, 1.82) is 0 Å². The molecule has 1 atom stereocenters. The first-order valence-corrected chi connectivity index (χ1v) is 5.61. The Morgan fingerprint density at radius 1 is 1.53 bits per heavy atom. The quantitative estimate of drug-likeness (QED) is 0.861. The minimum absolute atomic E-state index is 0.537. The lowest BCUT2D eigenvalue weighted by molar-refractivity contribution is 0.174. The number of aryl methyl sites for hydroxylation is 1. The highest BCUT2D eigenvalue weighted by Crippen LogP contribution is 2.18. The fourth-order valence-electron chi connectivity index (χ4n) is 1.38. The standard InChI is InChI=1S/C11H12N2OS/c1-8-2-3-13-10(4-8)11(14)5-9-6-12-7-15-9/h2-4,6-7,11,14H,5H2,1H3. The van der Waals surface area contributed by atoms with Crippen molar-refractivity contribution >= 4 is 11.3 Å². The molecule has 1 unspecified atom stereocenters. The van der Waals surface area contributed by atoms with Crippen LogP contribution in [0.4, 0.5) is 0 Å². The van der Waals surface area contributed by atoms with Gasteiger partial charge in [0.2, 0.25) is 0 Å². The molecule has 0 saturated carbocycles. The topological polar surface area (TPSA) is 46.0 Å². The smallest absolute Gasteiger partial charge is 0.101 e. The summed E-state index contributed by atoms with van der Waals surface area (Å²) in [5, 5.41) is 9.93. The summed E-state index contributed by atoms with van der Waals surface area (Å²) in [4.78, 5) is 9.20. The summed E-state index contributed by atoms with van der Waals surface area (Å²) >= 11 is 1.55. The first-order valence-electron chi connectivity index (χ1n) is 4.73. The number of hydrogen-bond acceptors (Lipinski definition) is 4. The van der Waals surface area contributed by atoms with Crippen molar-refractivity contribution in [2.24, 2.45) is 0 Å². The third-order valence-electron chi connectivity index (χ3n) is 2.16. The van der Waals surface area contributed by atoms with Crippen LogP contribution in [0.25, 0.3) is 0 Å². The fourth-order valence-corrected chi connectivity index (χ4v) is 2.01. The minimum Gasteiger partial charge on any atom is -0.386 e. The molecule has 2 rings (SSSR count). The van der Waals surface area contributed by atoms with E-state index in [4.69, 9.17) is 0 Å². The molecule has 0 aliphatic heterocycles. The van der Waals surface area contributed by atoms with Crippen molar-refractivity contribution in [1.82, 2.24) is 9.97 Å². The number of pyridine rings is 1. The highest BCUT2D eigenvalue weighted by Gasteiger charge is 2.10. The van der Waals surface area contributed by atoms with Gasteiger partial charge < -0.3 is 5.11 Å². The first-order chi connectivity index (χ1) is 7.25. The minimum atomic E-state index is -0.537. The predicted octanol–water partition coefficient (Wildman–Crippen LogP) is 2.12. The van der Waals surface area contributed by atoms with Crippen molar-refractivity contribution in [3.63, 3.8) is 0 Å². The Bertz CT molecular complexity index is 428. The first kappa shape index (κ1) is 10.3. The molecule has 1 N–H and O–H groups in total. The Kier molecular flexibility index (Phi) is 3.08. The van der Waals surface area contributed by atoms with Crippen molar-refractivity contribution < 1.29 is 5.11 Å². The Morgan fingerprint density at radius 2 is 2.40 bits per heavy atom. The second kappa shape index (κ2) is 4.51. The largest absolute Gasteiger partial charge is 0.386 e. The fraction of sp³-hybridized carbons (Fsp3) is 0.273. The van der Waals surface area contributed by atoms with E-state index in [0.29, 0.717) is 6.42 Å². The van der Waals surface area contributed by atoms with E-state index < -0.39 is 6.10 Å². The molecule has 2 heterocycles. The Labute approximate surface area is 92.5 Å². The number of rotatable bonds is 3. The van der Waals surface area contributed by atoms with E-state index in [1.165, 1.54) is 0 Å². The summed E-state index contributed by atoms with van der Waals surface area (Å²) in [6.07, 6.45) is 3.55. The molecule has 3 nitrogen and oxygen atoms in total. The molecule has 0 aliphatic rings. The van der Waals surface area contributed by atoms with Gasteiger partial charge in [0.25, 0.3) is 0 Å². The van der Waals surface area contributed by atoms with Crippen LogP contribution in [0, 0.1) is 6.92 Å².